The van der Waals surface area contributed by atoms with Crippen LogP contribution >= 0.6 is 0 Å². The molecule has 3 aromatic rings. The van der Waals surface area contributed by atoms with E-state index in [1.165, 1.54) is 12.1 Å². The predicted molar refractivity (Wildman–Crippen MR) is 109 cm³/mol. The van der Waals surface area contributed by atoms with Crippen molar-refractivity contribution in [1.29, 1.82) is 0 Å². The second-order valence-electron chi connectivity index (χ2n) is 7.80. The fourth-order valence-electron chi connectivity index (χ4n) is 4.49. The summed E-state index contributed by atoms with van der Waals surface area (Å²) < 4.78 is 8.41. The van der Waals surface area contributed by atoms with E-state index < -0.39 is 11.6 Å². The van der Waals surface area contributed by atoms with Crippen LogP contribution in [0.5, 0.6) is 5.75 Å². The average Bonchev–Trinajstić information content (AvgIpc) is 3.17. The molecular formula is C23H21N3O4. The lowest BCUT2D eigenvalue weighted by Gasteiger charge is -2.44. The van der Waals surface area contributed by atoms with Crippen molar-refractivity contribution in [3.63, 3.8) is 0 Å². The molecule has 152 valence electrons. The number of fused-ring (bicyclic) bond motifs is 4. The van der Waals surface area contributed by atoms with Crippen molar-refractivity contribution in [2.24, 2.45) is 7.05 Å². The predicted octanol–water partition coefficient (Wildman–Crippen LogP) is 3.31. The van der Waals surface area contributed by atoms with Crippen LogP contribution in [-0.2, 0) is 12.6 Å². The number of aryl methyl sites for hydroxylation is 1. The molecule has 1 saturated heterocycles. The lowest BCUT2D eigenvalue weighted by Crippen LogP contribution is -2.49. The largest absolute Gasteiger partial charge is 0.482 e. The van der Waals surface area contributed by atoms with E-state index in [0.29, 0.717) is 31.5 Å². The highest BCUT2D eigenvalue weighted by Gasteiger charge is 2.45. The molecule has 0 saturated carbocycles. The molecule has 7 heteroatoms. The summed E-state index contributed by atoms with van der Waals surface area (Å²) in [6.07, 6.45) is 3.21. The number of benzene rings is 2. The van der Waals surface area contributed by atoms with Gasteiger partial charge in [0.2, 0.25) is 0 Å². The number of hydrogen-bond donors (Lipinski definition) is 1. The van der Waals surface area contributed by atoms with E-state index in [4.69, 9.17) is 9.84 Å². The molecule has 1 N–H and O–H groups in total. The maximum absolute atomic E-state index is 12.9. The van der Waals surface area contributed by atoms with Gasteiger partial charge in [-0.15, -0.1) is 0 Å². The van der Waals surface area contributed by atoms with Gasteiger partial charge in [-0.1, -0.05) is 12.1 Å². The molecule has 2 aromatic carbocycles. The number of carboxylic acid groups (broad SMARTS) is 1. The number of ether oxygens (including phenoxy) is 1. The van der Waals surface area contributed by atoms with Crippen LogP contribution in [-0.4, -0.2) is 44.8 Å². The summed E-state index contributed by atoms with van der Waals surface area (Å²) in [6, 6.07) is 14.1. The van der Waals surface area contributed by atoms with Crippen molar-refractivity contribution in [2.75, 3.05) is 13.1 Å². The van der Waals surface area contributed by atoms with Crippen molar-refractivity contribution in [3.8, 4) is 17.0 Å². The Morgan fingerprint density at radius 3 is 2.40 bits per heavy atom. The number of amides is 1. The van der Waals surface area contributed by atoms with Crippen LogP contribution in [0.15, 0.2) is 54.7 Å². The molecule has 2 aliphatic heterocycles. The number of aromatic nitrogens is 2. The van der Waals surface area contributed by atoms with E-state index in [9.17, 15) is 9.59 Å². The summed E-state index contributed by atoms with van der Waals surface area (Å²) in [6.45, 7) is 1.10. The Morgan fingerprint density at radius 2 is 1.70 bits per heavy atom. The molecular weight excluding hydrogens is 382 g/mol. The van der Waals surface area contributed by atoms with Crippen molar-refractivity contribution in [3.05, 3.63) is 71.4 Å². The summed E-state index contributed by atoms with van der Waals surface area (Å²) in [4.78, 5) is 25.8. The zero-order valence-corrected chi connectivity index (χ0v) is 16.5. The first-order valence-electron chi connectivity index (χ1n) is 9.92. The van der Waals surface area contributed by atoms with Gasteiger partial charge in [0, 0.05) is 49.7 Å². The van der Waals surface area contributed by atoms with Gasteiger partial charge >= 0.3 is 5.97 Å². The van der Waals surface area contributed by atoms with Crippen LogP contribution in [0.1, 0.15) is 39.1 Å². The maximum Gasteiger partial charge on any atom is 0.335 e. The molecule has 3 heterocycles. The van der Waals surface area contributed by atoms with E-state index >= 15 is 0 Å². The highest BCUT2D eigenvalue weighted by atomic mass is 16.5. The number of piperidine rings is 1. The van der Waals surface area contributed by atoms with Crippen molar-refractivity contribution >= 4 is 11.9 Å². The van der Waals surface area contributed by atoms with Crippen LogP contribution in [0.3, 0.4) is 0 Å². The molecule has 1 amide bonds. The van der Waals surface area contributed by atoms with Gasteiger partial charge < -0.3 is 14.7 Å². The Kier molecular flexibility index (Phi) is 4.13. The fraction of sp³-hybridized carbons (Fsp3) is 0.261. The number of aromatic carboxylic acids is 1. The standard InChI is InChI=1S/C23H21N3O4/c1-25-20-17-4-2-3-5-19(17)30-23(18(20)14-24-25)10-12-26(13-11-23)21(27)15-6-8-16(9-7-15)22(28)29/h2-9,14H,10-13H2,1H3,(H,28,29). The van der Waals surface area contributed by atoms with E-state index in [2.05, 4.69) is 5.10 Å². The molecule has 0 radical (unpaired) electrons. The van der Waals surface area contributed by atoms with Gasteiger partial charge in [0.1, 0.15) is 11.4 Å². The summed E-state index contributed by atoms with van der Waals surface area (Å²) in [7, 11) is 1.94. The third-order valence-electron chi connectivity index (χ3n) is 6.11. The number of hydrogen-bond acceptors (Lipinski definition) is 4. The van der Waals surface area contributed by atoms with Crippen molar-refractivity contribution in [2.45, 2.75) is 18.4 Å². The van der Waals surface area contributed by atoms with Gasteiger partial charge in [0.25, 0.3) is 5.91 Å². The quantitative estimate of drug-likeness (QED) is 0.710. The zero-order valence-electron chi connectivity index (χ0n) is 16.5. The van der Waals surface area contributed by atoms with Crippen LogP contribution < -0.4 is 4.74 Å². The topological polar surface area (TPSA) is 84.7 Å². The zero-order chi connectivity index (χ0) is 20.9. The Balaban J connectivity index is 1.39. The minimum atomic E-state index is -1.00. The first kappa shape index (κ1) is 18.4. The van der Waals surface area contributed by atoms with Crippen molar-refractivity contribution in [1.82, 2.24) is 14.7 Å². The third-order valence-corrected chi connectivity index (χ3v) is 6.11. The molecule has 1 spiro atoms. The highest BCUT2D eigenvalue weighted by Crippen LogP contribution is 2.49. The maximum atomic E-state index is 12.9. The first-order chi connectivity index (χ1) is 14.5. The number of nitrogens with zero attached hydrogens (tertiary/aromatic N) is 3. The Hall–Kier alpha value is -3.61. The normalized spacial score (nSPS) is 16.5. The smallest absolute Gasteiger partial charge is 0.335 e. The molecule has 0 unspecified atom stereocenters. The van der Waals surface area contributed by atoms with Crippen molar-refractivity contribution < 1.29 is 19.4 Å². The summed E-state index contributed by atoms with van der Waals surface area (Å²) in [5, 5.41) is 13.5. The first-order valence-corrected chi connectivity index (χ1v) is 9.92. The Labute approximate surface area is 173 Å². The molecule has 0 bridgehead atoms. The molecule has 0 atom stereocenters. The Bertz CT molecular complexity index is 1140. The van der Waals surface area contributed by atoms with Gasteiger partial charge in [-0.25, -0.2) is 4.79 Å². The summed E-state index contributed by atoms with van der Waals surface area (Å²) >= 11 is 0. The molecule has 2 aliphatic rings. The number of carboxylic acids is 1. The molecule has 1 aromatic heterocycles. The Morgan fingerprint density at radius 1 is 1.03 bits per heavy atom. The van der Waals surface area contributed by atoms with E-state index in [0.717, 1.165) is 22.6 Å². The molecule has 30 heavy (non-hydrogen) atoms. The van der Waals surface area contributed by atoms with Gasteiger partial charge in [0.15, 0.2) is 0 Å². The minimum Gasteiger partial charge on any atom is -0.482 e. The number of rotatable bonds is 2. The number of carbonyl (C=O) groups is 2. The minimum absolute atomic E-state index is 0.0931. The molecule has 5 rings (SSSR count). The summed E-state index contributed by atoms with van der Waals surface area (Å²) in [5.74, 6) is -0.252. The van der Waals surface area contributed by atoms with E-state index in [-0.39, 0.29) is 11.5 Å². The van der Waals surface area contributed by atoms with Crippen LogP contribution in [0.2, 0.25) is 0 Å². The van der Waals surface area contributed by atoms with E-state index in [1.807, 2.05) is 42.2 Å². The van der Waals surface area contributed by atoms with Gasteiger partial charge in [-0.05, 0) is 36.4 Å². The molecule has 1 fully saturated rings. The number of para-hydroxylation sites is 1. The highest BCUT2D eigenvalue weighted by molar-refractivity contribution is 5.96. The van der Waals surface area contributed by atoms with Crippen LogP contribution in [0.25, 0.3) is 11.3 Å². The third kappa shape index (κ3) is 2.77. The monoisotopic (exact) mass is 403 g/mol. The SMILES string of the molecule is Cn1ncc2c1-c1ccccc1OC21CCN(C(=O)c2ccc(C(=O)O)cc2)CC1. The second-order valence-corrected chi connectivity index (χ2v) is 7.80. The number of likely N-dealkylation sites (tertiary alicyclic amines) is 1. The lowest BCUT2D eigenvalue weighted by molar-refractivity contribution is -0.00173. The van der Waals surface area contributed by atoms with E-state index in [1.54, 1.807) is 17.0 Å². The molecule has 7 nitrogen and oxygen atoms in total. The lowest BCUT2D eigenvalue weighted by atomic mass is 9.81. The van der Waals surface area contributed by atoms with Gasteiger partial charge in [0.05, 0.1) is 17.5 Å². The summed E-state index contributed by atoms with van der Waals surface area (Å²) in [5.41, 5.74) is 3.34. The average molecular weight is 403 g/mol. The van der Waals surface area contributed by atoms with Gasteiger partial charge in [-0.2, -0.15) is 5.10 Å². The number of carbonyl (C=O) groups excluding carboxylic acids is 1. The second kappa shape index (κ2) is 6.73. The van der Waals surface area contributed by atoms with Crippen LogP contribution in [0, 0.1) is 0 Å². The van der Waals surface area contributed by atoms with Gasteiger partial charge in [-0.3, -0.25) is 9.48 Å². The fourth-order valence-corrected chi connectivity index (χ4v) is 4.49. The molecule has 0 aliphatic carbocycles. The van der Waals surface area contributed by atoms with Crippen LogP contribution in [0.4, 0.5) is 0 Å².